The number of benzene rings is 2. The lowest BCUT2D eigenvalue weighted by Crippen LogP contribution is -2.33. The first-order chi connectivity index (χ1) is 18.1. The van der Waals surface area contributed by atoms with Crippen LogP contribution in [-0.2, 0) is 12.6 Å². The first-order valence-electron chi connectivity index (χ1n) is 11.8. The van der Waals surface area contributed by atoms with Crippen molar-refractivity contribution < 1.29 is 17.6 Å². The molecule has 196 valence electrons. The van der Waals surface area contributed by atoms with Crippen LogP contribution >= 0.6 is 23.4 Å². The molecule has 0 radical (unpaired) electrons. The molecule has 1 aliphatic rings. The van der Waals surface area contributed by atoms with Gasteiger partial charge in [-0.3, -0.25) is 9.36 Å². The van der Waals surface area contributed by atoms with Gasteiger partial charge in [0.15, 0.2) is 0 Å². The molecule has 2 unspecified atom stereocenters. The highest BCUT2D eigenvalue weighted by atomic mass is 35.5. The highest BCUT2D eigenvalue weighted by Crippen LogP contribution is 2.44. The van der Waals surface area contributed by atoms with Gasteiger partial charge < -0.3 is 5.73 Å². The molecule has 5 rings (SSSR count). The first-order valence-corrected chi connectivity index (χ1v) is 13.1. The van der Waals surface area contributed by atoms with E-state index in [0.717, 1.165) is 23.8 Å². The molecule has 2 atom stereocenters. The summed E-state index contributed by atoms with van der Waals surface area (Å²) >= 11 is 7.45. The standard InChI is InChI=1S/C28H22ClF4N3OS/c1-15-17(13-18-19(28(31,32)33)9-5-10-20(18)30)27-36(26(37)24(15)21-11-6-12-23(29)35-21)22(14-38-27)25(34)16-7-3-2-4-8-16/h2-12,22,25H,13-14,34H2,1H3. The van der Waals surface area contributed by atoms with Crippen LogP contribution in [0.25, 0.3) is 11.3 Å². The van der Waals surface area contributed by atoms with Crippen molar-refractivity contribution in [1.82, 2.24) is 9.55 Å². The number of aromatic nitrogens is 2. The number of nitrogens with two attached hydrogens (primary N) is 1. The highest BCUT2D eigenvalue weighted by molar-refractivity contribution is 7.99. The van der Waals surface area contributed by atoms with Crippen molar-refractivity contribution in [2.45, 2.75) is 36.6 Å². The minimum Gasteiger partial charge on any atom is -0.322 e. The van der Waals surface area contributed by atoms with Gasteiger partial charge in [0.25, 0.3) is 5.56 Å². The topological polar surface area (TPSA) is 60.9 Å². The molecule has 0 amide bonds. The van der Waals surface area contributed by atoms with E-state index in [9.17, 15) is 22.4 Å². The Balaban J connectivity index is 1.76. The fraction of sp³-hybridized carbons (Fsp3) is 0.214. The van der Waals surface area contributed by atoms with Gasteiger partial charge in [-0.2, -0.15) is 13.2 Å². The number of nitrogens with zero attached hydrogens (tertiary/aromatic N) is 2. The Hall–Kier alpha value is -3.14. The molecule has 0 spiro atoms. The molecule has 4 aromatic rings. The zero-order valence-corrected chi connectivity index (χ0v) is 21.7. The van der Waals surface area contributed by atoms with Crippen LogP contribution in [0.4, 0.5) is 17.6 Å². The maximum Gasteiger partial charge on any atom is 0.416 e. The van der Waals surface area contributed by atoms with E-state index in [-0.39, 0.29) is 28.4 Å². The second-order valence-electron chi connectivity index (χ2n) is 9.06. The maximum absolute atomic E-state index is 14.9. The van der Waals surface area contributed by atoms with Crippen LogP contribution < -0.4 is 11.3 Å². The van der Waals surface area contributed by atoms with Gasteiger partial charge in [0.1, 0.15) is 11.0 Å². The lowest BCUT2D eigenvalue weighted by Gasteiger charge is -2.24. The van der Waals surface area contributed by atoms with Crippen LogP contribution in [0.5, 0.6) is 0 Å². The number of fused-ring (bicyclic) bond motifs is 1. The molecule has 2 N–H and O–H groups in total. The Morgan fingerprint density at radius 3 is 2.47 bits per heavy atom. The summed E-state index contributed by atoms with van der Waals surface area (Å²) in [7, 11) is 0. The molecule has 0 bridgehead atoms. The van der Waals surface area contributed by atoms with Gasteiger partial charge in [0.05, 0.1) is 33.9 Å². The second-order valence-corrected chi connectivity index (χ2v) is 10.5. The van der Waals surface area contributed by atoms with E-state index in [1.807, 2.05) is 30.3 Å². The summed E-state index contributed by atoms with van der Waals surface area (Å²) in [5.74, 6) is -0.541. The van der Waals surface area contributed by atoms with Gasteiger partial charge in [0, 0.05) is 17.7 Å². The molecule has 0 aliphatic carbocycles. The lowest BCUT2D eigenvalue weighted by molar-refractivity contribution is -0.138. The molecule has 4 nitrogen and oxygen atoms in total. The van der Waals surface area contributed by atoms with Crippen LogP contribution in [0.15, 0.2) is 76.6 Å². The molecule has 0 saturated heterocycles. The van der Waals surface area contributed by atoms with Crippen LogP contribution in [0.3, 0.4) is 0 Å². The summed E-state index contributed by atoms with van der Waals surface area (Å²) in [6.07, 6.45) is -5.11. The SMILES string of the molecule is Cc1c(Cc2c(F)cccc2C(F)(F)F)c2n(c(=O)c1-c1cccc(Cl)n1)C(C(N)c1ccccc1)CS2. The molecule has 10 heteroatoms. The Kier molecular flexibility index (Phi) is 7.11. The molecule has 38 heavy (non-hydrogen) atoms. The average Bonchev–Trinajstić information content (AvgIpc) is 3.32. The fourth-order valence-corrected chi connectivity index (χ4v) is 6.53. The van der Waals surface area contributed by atoms with Gasteiger partial charge in [-0.15, -0.1) is 11.8 Å². The van der Waals surface area contributed by atoms with E-state index < -0.39 is 35.2 Å². The fourth-order valence-electron chi connectivity index (χ4n) is 4.93. The van der Waals surface area contributed by atoms with Gasteiger partial charge >= 0.3 is 6.18 Å². The van der Waals surface area contributed by atoms with Gasteiger partial charge in [0.2, 0.25) is 0 Å². The van der Waals surface area contributed by atoms with E-state index >= 15 is 0 Å². The molecule has 0 fully saturated rings. The van der Waals surface area contributed by atoms with Crippen molar-refractivity contribution in [2.75, 3.05) is 5.75 Å². The Bertz CT molecular complexity index is 1570. The minimum atomic E-state index is -4.75. The maximum atomic E-state index is 14.9. The van der Waals surface area contributed by atoms with Gasteiger partial charge in [-0.1, -0.05) is 54.1 Å². The van der Waals surface area contributed by atoms with Crippen molar-refractivity contribution in [3.63, 3.8) is 0 Å². The number of alkyl halides is 3. The van der Waals surface area contributed by atoms with E-state index in [1.54, 1.807) is 25.1 Å². The smallest absolute Gasteiger partial charge is 0.322 e. The van der Waals surface area contributed by atoms with Gasteiger partial charge in [-0.05, 0) is 47.9 Å². The minimum absolute atomic E-state index is 0.161. The third kappa shape index (κ3) is 4.74. The predicted octanol–water partition coefficient (Wildman–Crippen LogP) is 6.97. The van der Waals surface area contributed by atoms with Gasteiger partial charge in [-0.25, -0.2) is 9.37 Å². The van der Waals surface area contributed by atoms with E-state index in [2.05, 4.69) is 4.98 Å². The third-order valence-corrected chi connectivity index (χ3v) is 8.24. The van der Waals surface area contributed by atoms with Crippen molar-refractivity contribution >= 4 is 23.4 Å². The Morgan fingerprint density at radius 1 is 1.08 bits per heavy atom. The second kappa shape index (κ2) is 10.2. The summed E-state index contributed by atoms with van der Waals surface area (Å²) < 4.78 is 58.0. The summed E-state index contributed by atoms with van der Waals surface area (Å²) in [5.41, 5.74) is 6.86. The molecule has 0 saturated carbocycles. The van der Waals surface area contributed by atoms with Crippen molar-refractivity contribution in [3.05, 3.63) is 116 Å². The average molecular weight is 560 g/mol. The molecule has 1 aliphatic heterocycles. The molecule has 2 aromatic heterocycles. The molecule has 2 aromatic carbocycles. The number of halogens is 5. The third-order valence-electron chi connectivity index (χ3n) is 6.81. The number of hydrogen-bond acceptors (Lipinski definition) is 4. The van der Waals surface area contributed by atoms with E-state index in [1.165, 1.54) is 16.3 Å². The van der Waals surface area contributed by atoms with E-state index in [0.29, 0.717) is 21.9 Å². The van der Waals surface area contributed by atoms with E-state index in [4.69, 9.17) is 17.3 Å². The van der Waals surface area contributed by atoms with Crippen LogP contribution in [-0.4, -0.2) is 15.3 Å². The normalized spacial score (nSPS) is 15.9. The zero-order valence-electron chi connectivity index (χ0n) is 20.1. The first kappa shape index (κ1) is 26.5. The quantitative estimate of drug-likeness (QED) is 0.212. The largest absolute Gasteiger partial charge is 0.416 e. The number of hydrogen-bond donors (Lipinski definition) is 1. The predicted molar refractivity (Wildman–Crippen MR) is 141 cm³/mol. The number of thioether (sulfide) groups is 1. The summed E-state index contributed by atoms with van der Waals surface area (Å²) in [5, 5.41) is 0.639. The van der Waals surface area contributed by atoms with Crippen LogP contribution in [0, 0.1) is 12.7 Å². The molecular weight excluding hydrogens is 538 g/mol. The lowest BCUT2D eigenvalue weighted by atomic mass is 9.93. The monoisotopic (exact) mass is 559 g/mol. The van der Waals surface area contributed by atoms with Crippen molar-refractivity contribution in [3.8, 4) is 11.3 Å². The highest BCUT2D eigenvalue weighted by Gasteiger charge is 2.37. The summed E-state index contributed by atoms with van der Waals surface area (Å²) in [4.78, 5) is 18.3. The summed E-state index contributed by atoms with van der Waals surface area (Å²) in [6, 6.07) is 16.0. The van der Waals surface area contributed by atoms with Crippen LogP contribution in [0.2, 0.25) is 5.15 Å². The number of pyridine rings is 2. The summed E-state index contributed by atoms with van der Waals surface area (Å²) in [6.45, 7) is 1.65. The van der Waals surface area contributed by atoms with Crippen molar-refractivity contribution in [1.29, 1.82) is 0 Å². The Morgan fingerprint density at radius 2 is 1.79 bits per heavy atom. The molecular formula is C28H22ClF4N3OS. The Labute approximate surface area is 225 Å². The van der Waals surface area contributed by atoms with Crippen LogP contribution in [0.1, 0.15) is 39.9 Å². The van der Waals surface area contributed by atoms with Crippen molar-refractivity contribution in [2.24, 2.45) is 5.73 Å². The molecule has 3 heterocycles. The zero-order chi connectivity index (χ0) is 27.2. The number of rotatable bonds is 5.